The number of Topliss-reactive ketones (excluding diaryl/α,β-unsaturated/α-hetero) is 1. The van der Waals surface area contributed by atoms with E-state index in [9.17, 15) is 14.2 Å². The summed E-state index contributed by atoms with van der Waals surface area (Å²) in [7, 11) is -3.77. The van der Waals surface area contributed by atoms with Crippen molar-refractivity contribution in [2.24, 2.45) is 0 Å². The Bertz CT molecular complexity index is 948. The second-order valence-corrected chi connectivity index (χ2v) is 8.36. The Labute approximate surface area is 188 Å². The summed E-state index contributed by atoms with van der Waals surface area (Å²) in [5.74, 6) is -0.196. The molecule has 0 saturated heterocycles. The Kier molecular flexibility index (Phi) is 10.1. The first-order chi connectivity index (χ1) is 15.3. The van der Waals surface area contributed by atoms with Crippen LogP contribution < -0.4 is 4.74 Å². The van der Waals surface area contributed by atoms with E-state index in [2.05, 4.69) is 0 Å². The number of esters is 1. The number of phosphoric acid groups is 1. The summed E-state index contributed by atoms with van der Waals surface area (Å²) >= 11 is 0. The maximum atomic E-state index is 12.6. The normalized spacial score (nSPS) is 11.2. The van der Waals surface area contributed by atoms with Crippen LogP contribution in [-0.4, -0.2) is 44.8 Å². The predicted octanol–water partition coefficient (Wildman–Crippen LogP) is 4.92. The second kappa shape index (κ2) is 12.5. The molecule has 0 amide bonds. The third-order valence-corrected chi connectivity index (χ3v) is 6.14. The van der Waals surface area contributed by atoms with Gasteiger partial charge < -0.3 is 9.47 Å². The summed E-state index contributed by atoms with van der Waals surface area (Å²) in [6, 6.07) is 12.0. The van der Waals surface area contributed by atoms with E-state index >= 15 is 0 Å². The molecule has 0 atom stereocenters. The molecule has 32 heavy (non-hydrogen) atoms. The van der Waals surface area contributed by atoms with Crippen molar-refractivity contribution in [3.8, 4) is 5.75 Å². The van der Waals surface area contributed by atoms with Crippen LogP contribution in [0.5, 0.6) is 5.75 Å². The molecule has 0 fully saturated rings. The molecule has 0 bridgehead atoms. The van der Waals surface area contributed by atoms with E-state index in [1.54, 1.807) is 57.2 Å². The molecule has 2 rings (SSSR count). The lowest BCUT2D eigenvalue weighted by Gasteiger charge is -2.17. The third kappa shape index (κ3) is 7.28. The van der Waals surface area contributed by atoms with Gasteiger partial charge >= 0.3 is 13.8 Å². The number of carbonyl (C=O) groups is 2. The Balaban J connectivity index is 1.92. The Morgan fingerprint density at radius 3 is 2.12 bits per heavy atom. The average Bonchev–Trinajstić information content (AvgIpc) is 2.78. The van der Waals surface area contributed by atoms with Crippen LogP contribution in [-0.2, 0) is 22.9 Å². The largest absolute Gasteiger partial charge is 0.490 e. The highest BCUT2D eigenvalue weighted by atomic mass is 31.2. The first kappa shape index (κ1) is 25.7. The van der Waals surface area contributed by atoms with Gasteiger partial charge in [-0.2, -0.15) is 0 Å². The van der Waals surface area contributed by atoms with Crippen LogP contribution in [0.3, 0.4) is 0 Å². The molecule has 2 aromatic rings. The van der Waals surface area contributed by atoms with Crippen molar-refractivity contribution >= 4 is 19.6 Å². The lowest BCUT2D eigenvalue weighted by Crippen LogP contribution is -2.14. The molecular formula is C23H29O8P. The van der Waals surface area contributed by atoms with E-state index < -0.39 is 20.4 Å². The summed E-state index contributed by atoms with van der Waals surface area (Å²) in [6.45, 7) is 7.02. The predicted molar refractivity (Wildman–Crippen MR) is 119 cm³/mol. The number of hydrogen-bond donors (Lipinski definition) is 0. The van der Waals surface area contributed by atoms with Crippen molar-refractivity contribution in [2.75, 3.05) is 33.0 Å². The van der Waals surface area contributed by atoms with Crippen molar-refractivity contribution in [1.82, 2.24) is 0 Å². The standard InChI is InChI=1S/C23H29O8P/c1-5-29-32(26,30-6-2)31-16-21(24)20-12-13-22(18(4)17(20)3)27-14-15-28-23(25)19-10-8-7-9-11-19/h7-13H,5-6,14-16H2,1-4H3. The van der Waals surface area contributed by atoms with Gasteiger partial charge in [-0.05, 0) is 63.1 Å². The number of rotatable bonds is 13. The van der Waals surface area contributed by atoms with Crippen LogP contribution in [0.1, 0.15) is 45.7 Å². The molecule has 0 aliphatic rings. The highest BCUT2D eigenvalue weighted by molar-refractivity contribution is 7.48. The van der Waals surface area contributed by atoms with Gasteiger partial charge in [-0.1, -0.05) is 18.2 Å². The molecule has 2 aromatic carbocycles. The second-order valence-electron chi connectivity index (χ2n) is 6.69. The summed E-state index contributed by atoms with van der Waals surface area (Å²) in [4.78, 5) is 24.5. The molecule has 9 heteroatoms. The van der Waals surface area contributed by atoms with Crippen molar-refractivity contribution in [3.05, 3.63) is 64.7 Å². The molecule has 0 heterocycles. The molecule has 0 unspecified atom stereocenters. The molecule has 0 N–H and O–H groups in total. The van der Waals surface area contributed by atoms with Crippen molar-refractivity contribution in [1.29, 1.82) is 0 Å². The fraction of sp³-hybridized carbons (Fsp3) is 0.391. The summed E-state index contributed by atoms with van der Waals surface area (Å²) < 4.78 is 38.5. The van der Waals surface area contributed by atoms with Crippen molar-refractivity contribution in [3.63, 3.8) is 0 Å². The van der Waals surface area contributed by atoms with E-state index in [4.69, 9.17) is 23.0 Å². The smallest absolute Gasteiger partial charge is 0.475 e. The van der Waals surface area contributed by atoms with Crippen LogP contribution >= 0.6 is 7.82 Å². The van der Waals surface area contributed by atoms with E-state index in [1.807, 2.05) is 13.0 Å². The van der Waals surface area contributed by atoms with Crippen LogP contribution in [0.15, 0.2) is 42.5 Å². The Morgan fingerprint density at radius 1 is 0.844 bits per heavy atom. The van der Waals surface area contributed by atoms with Gasteiger partial charge in [0.25, 0.3) is 0 Å². The minimum Gasteiger partial charge on any atom is -0.490 e. The van der Waals surface area contributed by atoms with Gasteiger partial charge in [0.05, 0.1) is 18.8 Å². The number of ether oxygens (including phenoxy) is 2. The maximum absolute atomic E-state index is 12.6. The number of phosphoric ester groups is 1. The maximum Gasteiger partial charge on any atom is 0.475 e. The molecule has 0 radical (unpaired) electrons. The van der Waals surface area contributed by atoms with Crippen molar-refractivity contribution in [2.45, 2.75) is 27.7 Å². The van der Waals surface area contributed by atoms with Gasteiger partial charge in [0, 0.05) is 5.56 Å². The Morgan fingerprint density at radius 2 is 1.50 bits per heavy atom. The highest BCUT2D eigenvalue weighted by Crippen LogP contribution is 2.49. The fourth-order valence-corrected chi connectivity index (χ4v) is 3.97. The van der Waals surface area contributed by atoms with Gasteiger partial charge in [0.15, 0.2) is 5.78 Å². The van der Waals surface area contributed by atoms with E-state index in [0.717, 1.165) is 5.56 Å². The lowest BCUT2D eigenvalue weighted by molar-refractivity contribution is 0.0450. The van der Waals surface area contributed by atoms with E-state index in [0.29, 0.717) is 22.4 Å². The van der Waals surface area contributed by atoms with Crippen LogP contribution in [0, 0.1) is 13.8 Å². The molecule has 0 saturated carbocycles. The Hall–Kier alpha value is -2.51. The molecule has 0 spiro atoms. The van der Waals surface area contributed by atoms with E-state index in [-0.39, 0.29) is 32.2 Å². The molecule has 0 aromatic heterocycles. The molecule has 174 valence electrons. The van der Waals surface area contributed by atoms with Gasteiger partial charge in [-0.25, -0.2) is 9.36 Å². The van der Waals surface area contributed by atoms with Crippen molar-refractivity contribution < 1.29 is 37.2 Å². The first-order valence-corrected chi connectivity index (χ1v) is 11.8. The zero-order valence-corrected chi connectivity index (χ0v) is 19.7. The molecule has 0 aliphatic carbocycles. The van der Waals surface area contributed by atoms with Crippen LogP contribution in [0.4, 0.5) is 0 Å². The van der Waals surface area contributed by atoms with E-state index in [1.165, 1.54) is 0 Å². The summed E-state index contributed by atoms with van der Waals surface area (Å²) in [6.07, 6.45) is 0. The zero-order chi connectivity index (χ0) is 23.6. The third-order valence-electron chi connectivity index (χ3n) is 4.55. The number of ketones is 1. The topological polar surface area (TPSA) is 97.4 Å². The molecule has 8 nitrogen and oxygen atoms in total. The zero-order valence-electron chi connectivity index (χ0n) is 18.8. The van der Waals surface area contributed by atoms with Gasteiger partial charge in [0.2, 0.25) is 0 Å². The number of carbonyl (C=O) groups excluding carboxylic acids is 2. The number of hydrogen-bond acceptors (Lipinski definition) is 8. The first-order valence-electron chi connectivity index (χ1n) is 10.3. The van der Waals surface area contributed by atoms with Crippen LogP contribution in [0.25, 0.3) is 0 Å². The fourth-order valence-electron chi connectivity index (χ4n) is 2.84. The minimum absolute atomic E-state index is 0.0882. The highest BCUT2D eigenvalue weighted by Gasteiger charge is 2.27. The monoisotopic (exact) mass is 464 g/mol. The average molecular weight is 464 g/mol. The van der Waals surface area contributed by atoms with Gasteiger partial charge in [0.1, 0.15) is 25.6 Å². The SMILES string of the molecule is CCOP(=O)(OCC)OCC(=O)c1ccc(OCCOC(=O)c2ccccc2)c(C)c1C. The van der Waals surface area contributed by atoms with Crippen LogP contribution in [0.2, 0.25) is 0 Å². The number of benzene rings is 2. The minimum atomic E-state index is -3.77. The summed E-state index contributed by atoms with van der Waals surface area (Å²) in [5.41, 5.74) is 2.37. The quantitative estimate of drug-likeness (QED) is 0.178. The molecular weight excluding hydrogens is 435 g/mol. The molecule has 0 aliphatic heterocycles. The lowest BCUT2D eigenvalue weighted by atomic mass is 9.99. The van der Waals surface area contributed by atoms with Gasteiger partial charge in [-0.3, -0.25) is 18.4 Å². The summed E-state index contributed by atoms with van der Waals surface area (Å²) in [5, 5.41) is 0. The van der Waals surface area contributed by atoms with Gasteiger partial charge in [-0.15, -0.1) is 0 Å².